The van der Waals surface area contributed by atoms with E-state index in [4.69, 9.17) is 4.74 Å². The number of hydrogen-bond donors (Lipinski definition) is 0. The molecule has 0 aliphatic carbocycles. The summed E-state index contributed by atoms with van der Waals surface area (Å²) in [6.45, 7) is 5.88. The molecule has 0 spiro atoms. The number of benzene rings is 1. The molecule has 1 aliphatic heterocycles. The van der Waals surface area contributed by atoms with Gasteiger partial charge in [0.15, 0.2) is 0 Å². The van der Waals surface area contributed by atoms with Gasteiger partial charge in [-0.25, -0.2) is 9.97 Å². The number of aryl methyl sites for hydroxylation is 1. The van der Waals surface area contributed by atoms with E-state index < -0.39 is 0 Å². The predicted molar refractivity (Wildman–Crippen MR) is 98.5 cm³/mol. The SMILES string of the molecule is CN1CCN(CCCc2cccc(Oc3ncc(Br)cn3)c2)CC1. The highest BCUT2D eigenvalue weighted by molar-refractivity contribution is 9.10. The van der Waals surface area contributed by atoms with Crippen LogP contribution < -0.4 is 4.74 Å². The highest BCUT2D eigenvalue weighted by Gasteiger charge is 2.12. The Morgan fingerprint density at radius 1 is 1.12 bits per heavy atom. The Hall–Kier alpha value is -1.50. The highest BCUT2D eigenvalue weighted by Crippen LogP contribution is 2.20. The van der Waals surface area contributed by atoms with Crippen LogP contribution in [0.15, 0.2) is 41.1 Å². The summed E-state index contributed by atoms with van der Waals surface area (Å²) in [5.41, 5.74) is 1.29. The average molecular weight is 391 g/mol. The number of likely N-dealkylation sites (N-methyl/N-ethyl adjacent to an activating group) is 1. The van der Waals surface area contributed by atoms with Crippen molar-refractivity contribution in [1.29, 1.82) is 0 Å². The third-order valence-electron chi connectivity index (χ3n) is 4.24. The van der Waals surface area contributed by atoms with Crippen LogP contribution >= 0.6 is 15.9 Å². The second kappa shape index (κ2) is 8.55. The van der Waals surface area contributed by atoms with Gasteiger partial charge in [0.2, 0.25) is 0 Å². The number of halogens is 1. The molecule has 0 bridgehead atoms. The molecular formula is C18H23BrN4O. The lowest BCUT2D eigenvalue weighted by molar-refractivity contribution is 0.153. The Kier molecular flexibility index (Phi) is 6.18. The summed E-state index contributed by atoms with van der Waals surface area (Å²) in [6.07, 6.45) is 5.59. The van der Waals surface area contributed by atoms with Gasteiger partial charge in [-0.1, -0.05) is 12.1 Å². The summed E-state index contributed by atoms with van der Waals surface area (Å²) in [7, 11) is 2.19. The highest BCUT2D eigenvalue weighted by atomic mass is 79.9. The van der Waals surface area contributed by atoms with Gasteiger partial charge < -0.3 is 14.5 Å². The van der Waals surface area contributed by atoms with Gasteiger partial charge in [-0.3, -0.25) is 0 Å². The Balaban J connectivity index is 1.49. The standard InChI is InChI=1S/C18H23BrN4O/c1-22-8-10-23(11-9-22)7-3-5-15-4-2-6-17(12-15)24-18-20-13-16(19)14-21-18/h2,4,6,12-14H,3,5,7-11H2,1H3. The molecule has 3 rings (SSSR count). The Morgan fingerprint density at radius 3 is 2.62 bits per heavy atom. The molecule has 0 unspecified atom stereocenters. The second-order valence-electron chi connectivity index (χ2n) is 6.18. The van der Waals surface area contributed by atoms with Crippen molar-refractivity contribution in [2.45, 2.75) is 12.8 Å². The monoisotopic (exact) mass is 390 g/mol. The number of hydrogen-bond acceptors (Lipinski definition) is 5. The van der Waals surface area contributed by atoms with Gasteiger partial charge in [0.1, 0.15) is 5.75 Å². The first-order valence-electron chi connectivity index (χ1n) is 8.34. The maximum absolute atomic E-state index is 5.72. The summed E-state index contributed by atoms with van der Waals surface area (Å²) in [6, 6.07) is 8.57. The van der Waals surface area contributed by atoms with Crippen molar-refractivity contribution >= 4 is 15.9 Å². The fourth-order valence-corrected chi connectivity index (χ4v) is 3.01. The first-order chi connectivity index (χ1) is 11.7. The first kappa shape index (κ1) is 17.3. The van der Waals surface area contributed by atoms with E-state index in [2.05, 4.69) is 54.9 Å². The van der Waals surface area contributed by atoms with Crippen LogP contribution in [-0.4, -0.2) is 59.5 Å². The molecule has 2 heterocycles. The van der Waals surface area contributed by atoms with Gasteiger partial charge >= 0.3 is 6.01 Å². The molecule has 0 atom stereocenters. The molecule has 0 radical (unpaired) electrons. The molecule has 128 valence electrons. The summed E-state index contributed by atoms with van der Waals surface area (Å²) in [5.74, 6) is 0.786. The smallest absolute Gasteiger partial charge is 0.321 e. The molecule has 5 nitrogen and oxygen atoms in total. The molecule has 1 aromatic heterocycles. The molecule has 0 saturated carbocycles. The molecule has 1 aliphatic rings. The van der Waals surface area contributed by atoms with E-state index in [0.717, 1.165) is 23.2 Å². The molecule has 1 aromatic carbocycles. The molecule has 2 aromatic rings. The van der Waals surface area contributed by atoms with Gasteiger partial charge in [-0.05, 0) is 60.1 Å². The molecule has 24 heavy (non-hydrogen) atoms. The Labute approximate surface area is 151 Å². The van der Waals surface area contributed by atoms with Gasteiger partial charge in [-0.2, -0.15) is 0 Å². The summed E-state index contributed by atoms with van der Waals surface area (Å²) in [5, 5.41) is 0. The quantitative estimate of drug-likeness (QED) is 0.757. The van der Waals surface area contributed by atoms with Crippen LogP contribution in [0.3, 0.4) is 0 Å². The van der Waals surface area contributed by atoms with Gasteiger partial charge in [0.05, 0.1) is 4.47 Å². The van der Waals surface area contributed by atoms with Gasteiger partial charge in [0.25, 0.3) is 0 Å². The van der Waals surface area contributed by atoms with Crippen LogP contribution in [-0.2, 0) is 6.42 Å². The van der Waals surface area contributed by atoms with Crippen LogP contribution in [0.5, 0.6) is 11.8 Å². The lowest BCUT2D eigenvalue weighted by Crippen LogP contribution is -2.44. The third kappa shape index (κ3) is 5.26. The topological polar surface area (TPSA) is 41.5 Å². The number of ether oxygens (including phenoxy) is 1. The largest absolute Gasteiger partial charge is 0.424 e. The van der Waals surface area contributed by atoms with Crippen molar-refractivity contribution in [3.63, 3.8) is 0 Å². The number of nitrogens with zero attached hydrogens (tertiary/aromatic N) is 4. The van der Waals surface area contributed by atoms with Crippen LogP contribution in [0, 0.1) is 0 Å². The normalized spacial score (nSPS) is 16.2. The van der Waals surface area contributed by atoms with Crippen LogP contribution in [0.1, 0.15) is 12.0 Å². The van der Waals surface area contributed by atoms with E-state index in [1.807, 2.05) is 12.1 Å². The second-order valence-corrected chi connectivity index (χ2v) is 7.10. The molecule has 0 N–H and O–H groups in total. The zero-order valence-electron chi connectivity index (χ0n) is 14.0. The first-order valence-corrected chi connectivity index (χ1v) is 9.13. The average Bonchev–Trinajstić information content (AvgIpc) is 2.59. The predicted octanol–water partition coefficient (Wildman–Crippen LogP) is 3.21. The Bertz CT molecular complexity index is 642. The number of rotatable bonds is 6. The van der Waals surface area contributed by atoms with E-state index >= 15 is 0 Å². The fraction of sp³-hybridized carbons (Fsp3) is 0.444. The summed E-state index contributed by atoms with van der Waals surface area (Å²) >= 11 is 3.32. The van der Waals surface area contributed by atoms with Crippen molar-refractivity contribution in [2.75, 3.05) is 39.8 Å². The minimum atomic E-state index is 0.368. The number of aromatic nitrogens is 2. The minimum absolute atomic E-state index is 0.368. The van der Waals surface area contributed by atoms with Crippen LogP contribution in [0.2, 0.25) is 0 Å². The van der Waals surface area contributed by atoms with E-state index in [1.165, 1.54) is 38.2 Å². The molecular weight excluding hydrogens is 368 g/mol. The lowest BCUT2D eigenvalue weighted by Gasteiger charge is -2.32. The molecule has 1 fully saturated rings. The zero-order valence-corrected chi connectivity index (χ0v) is 15.6. The molecule has 1 saturated heterocycles. The molecule has 6 heteroatoms. The maximum atomic E-state index is 5.72. The minimum Gasteiger partial charge on any atom is -0.424 e. The number of piperazine rings is 1. The zero-order chi connectivity index (χ0) is 16.8. The van der Waals surface area contributed by atoms with E-state index in [-0.39, 0.29) is 0 Å². The maximum Gasteiger partial charge on any atom is 0.321 e. The van der Waals surface area contributed by atoms with Gasteiger partial charge in [-0.15, -0.1) is 0 Å². The van der Waals surface area contributed by atoms with E-state index in [0.29, 0.717) is 6.01 Å². The fourth-order valence-electron chi connectivity index (χ4n) is 2.80. The lowest BCUT2D eigenvalue weighted by atomic mass is 10.1. The van der Waals surface area contributed by atoms with Crippen molar-refractivity contribution < 1.29 is 4.74 Å². The third-order valence-corrected chi connectivity index (χ3v) is 4.65. The van der Waals surface area contributed by atoms with Crippen LogP contribution in [0.25, 0.3) is 0 Å². The van der Waals surface area contributed by atoms with E-state index in [1.54, 1.807) is 12.4 Å². The summed E-state index contributed by atoms with van der Waals surface area (Å²) < 4.78 is 6.56. The Morgan fingerprint density at radius 2 is 1.88 bits per heavy atom. The van der Waals surface area contributed by atoms with Crippen LogP contribution in [0.4, 0.5) is 0 Å². The van der Waals surface area contributed by atoms with Crippen molar-refractivity contribution in [3.05, 3.63) is 46.7 Å². The van der Waals surface area contributed by atoms with Crippen molar-refractivity contribution in [2.24, 2.45) is 0 Å². The van der Waals surface area contributed by atoms with E-state index in [9.17, 15) is 0 Å². The molecule has 0 amide bonds. The van der Waals surface area contributed by atoms with Gasteiger partial charge in [0, 0.05) is 38.6 Å². The summed E-state index contributed by atoms with van der Waals surface area (Å²) in [4.78, 5) is 13.2. The van der Waals surface area contributed by atoms with Crippen molar-refractivity contribution in [3.8, 4) is 11.8 Å². The van der Waals surface area contributed by atoms with Crippen molar-refractivity contribution in [1.82, 2.24) is 19.8 Å².